The molecule has 0 bridgehead atoms. The van der Waals surface area contributed by atoms with Crippen molar-refractivity contribution in [2.24, 2.45) is 0 Å². The molecule has 0 atom stereocenters. The second-order valence-electron chi connectivity index (χ2n) is 7.08. The highest BCUT2D eigenvalue weighted by Gasteiger charge is 2.15. The molecule has 0 aliphatic carbocycles. The van der Waals surface area contributed by atoms with Crippen LogP contribution in [0.5, 0.6) is 5.75 Å². The maximum absolute atomic E-state index is 6.58. The summed E-state index contributed by atoms with van der Waals surface area (Å²) in [6.45, 7) is 6.68. The second kappa shape index (κ2) is 9.41. The van der Waals surface area contributed by atoms with Crippen LogP contribution in [-0.2, 0) is 0 Å². The minimum atomic E-state index is 0.298. The van der Waals surface area contributed by atoms with Gasteiger partial charge in [0, 0.05) is 24.0 Å². The molecule has 0 saturated heterocycles. The summed E-state index contributed by atoms with van der Waals surface area (Å²) in [5.41, 5.74) is 2.98. The van der Waals surface area contributed by atoms with Gasteiger partial charge in [0.2, 0.25) is 0 Å². The van der Waals surface area contributed by atoms with E-state index in [1.165, 1.54) is 0 Å². The zero-order chi connectivity index (χ0) is 21.8. The maximum atomic E-state index is 6.58. The average Bonchev–Trinajstić information content (AvgIpc) is 3.22. The van der Waals surface area contributed by atoms with E-state index < -0.39 is 0 Å². The summed E-state index contributed by atoms with van der Waals surface area (Å²) in [6, 6.07) is 13.5. The number of thiazole rings is 1. The lowest BCUT2D eigenvalue weighted by atomic mass is 10.1. The molecule has 0 radical (unpaired) electrons. The van der Waals surface area contributed by atoms with Gasteiger partial charge in [-0.1, -0.05) is 29.0 Å². The number of rotatable bonds is 7. The molecule has 0 aliphatic heterocycles. The van der Waals surface area contributed by atoms with Crippen LogP contribution in [0.3, 0.4) is 0 Å². The molecule has 158 valence electrons. The molecule has 6 nitrogen and oxygen atoms in total. The molecule has 0 amide bonds. The van der Waals surface area contributed by atoms with Crippen LogP contribution in [0.25, 0.3) is 33.3 Å². The summed E-state index contributed by atoms with van der Waals surface area (Å²) >= 11 is 8.13. The van der Waals surface area contributed by atoms with Crippen molar-refractivity contribution in [3.63, 3.8) is 0 Å². The number of benzene rings is 1. The SMILES string of the molecule is CCOc1ccc(-c2cc(-c3cnc(NC(C)C)s3)nc(-c3ccccn3)n2)c(Cl)c1. The fourth-order valence-corrected chi connectivity index (χ4v) is 4.18. The Balaban J connectivity index is 1.82. The number of ether oxygens (including phenoxy) is 1. The molecule has 0 aliphatic rings. The lowest BCUT2D eigenvalue weighted by Crippen LogP contribution is -2.08. The van der Waals surface area contributed by atoms with Gasteiger partial charge in [-0.25, -0.2) is 15.0 Å². The van der Waals surface area contributed by atoms with Crippen molar-refractivity contribution in [1.29, 1.82) is 0 Å². The van der Waals surface area contributed by atoms with E-state index in [9.17, 15) is 0 Å². The summed E-state index contributed by atoms with van der Waals surface area (Å²) in [7, 11) is 0. The zero-order valence-corrected chi connectivity index (χ0v) is 19.0. The third-order valence-electron chi connectivity index (χ3n) is 4.32. The highest BCUT2D eigenvalue weighted by atomic mass is 35.5. The molecule has 31 heavy (non-hydrogen) atoms. The largest absolute Gasteiger partial charge is 0.494 e. The number of pyridine rings is 1. The number of halogens is 1. The molecule has 0 fully saturated rings. The number of nitrogens with zero attached hydrogens (tertiary/aromatic N) is 4. The lowest BCUT2D eigenvalue weighted by Gasteiger charge is -2.10. The Hall–Kier alpha value is -3.03. The molecular weight excluding hydrogens is 430 g/mol. The van der Waals surface area contributed by atoms with Gasteiger partial charge < -0.3 is 10.1 Å². The monoisotopic (exact) mass is 451 g/mol. The van der Waals surface area contributed by atoms with E-state index >= 15 is 0 Å². The Morgan fingerprint density at radius 3 is 2.58 bits per heavy atom. The summed E-state index contributed by atoms with van der Waals surface area (Å²) in [5.74, 6) is 1.26. The molecule has 0 saturated carbocycles. The van der Waals surface area contributed by atoms with E-state index in [0.717, 1.165) is 27.0 Å². The van der Waals surface area contributed by atoms with Crippen LogP contribution in [-0.4, -0.2) is 32.6 Å². The van der Waals surface area contributed by atoms with Crippen LogP contribution < -0.4 is 10.1 Å². The van der Waals surface area contributed by atoms with Gasteiger partial charge in [-0.05, 0) is 57.2 Å². The quantitative estimate of drug-likeness (QED) is 0.360. The molecule has 0 unspecified atom stereocenters. The molecule has 1 N–H and O–H groups in total. The Kier molecular flexibility index (Phi) is 6.44. The summed E-state index contributed by atoms with van der Waals surface area (Å²) in [4.78, 5) is 19.4. The maximum Gasteiger partial charge on any atom is 0.183 e. The summed E-state index contributed by atoms with van der Waals surface area (Å²) in [5, 5.41) is 4.75. The van der Waals surface area contributed by atoms with Crippen molar-refractivity contribution in [2.75, 3.05) is 11.9 Å². The standard InChI is InChI=1S/C23H22ClN5OS/c1-4-30-15-8-9-16(17(24)11-15)19-12-20(21-13-26-23(31-21)27-14(2)3)29-22(28-19)18-7-5-6-10-25-18/h5-14H,4H2,1-3H3,(H,26,27). The van der Waals surface area contributed by atoms with Crippen LogP contribution in [0.4, 0.5) is 5.13 Å². The van der Waals surface area contributed by atoms with E-state index in [0.29, 0.717) is 34.9 Å². The molecule has 0 spiro atoms. The third-order valence-corrected chi connectivity index (χ3v) is 5.58. The first kappa shape index (κ1) is 21.2. The minimum Gasteiger partial charge on any atom is -0.494 e. The van der Waals surface area contributed by atoms with Crippen molar-refractivity contribution in [1.82, 2.24) is 19.9 Å². The van der Waals surface area contributed by atoms with E-state index in [1.54, 1.807) is 23.6 Å². The van der Waals surface area contributed by atoms with Crippen molar-refractivity contribution in [3.8, 4) is 39.1 Å². The zero-order valence-electron chi connectivity index (χ0n) is 17.5. The highest BCUT2D eigenvalue weighted by Crippen LogP contribution is 2.35. The van der Waals surface area contributed by atoms with Gasteiger partial charge in [-0.3, -0.25) is 4.98 Å². The van der Waals surface area contributed by atoms with Crippen LogP contribution in [0.15, 0.2) is 54.9 Å². The first-order chi connectivity index (χ1) is 15.0. The molecule has 3 heterocycles. The van der Waals surface area contributed by atoms with Gasteiger partial charge >= 0.3 is 0 Å². The van der Waals surface area contributed by atoms with E-state index in [1.807, 2.05) is 49.5 Å². The van der Waals surface area contributed by atoms with Crippen LogP contribution in [0.2, 0.25) is 5.02 Å². The fraction of sp³-hybridized carbons (Fsp3) is 0.217. The number of hydrogen-bond acceptors (Lipinski definition) is 7. The Bertz CT molecular complexity index is 1180. The highest BCUT2D eigenvalue weighted by molar-refractivity contribution is 7.18. The minimum absolute atomic E-state index is 0.298. The van der Waals surface area contributed by atoms with E-state index in [4.69, 9.17) is 26.3 Å². The number of nitrogens with one attached hydrogen (secondary N) is 1. The Morgan fingerprint density at radius 1 is 1.03 bits per heavy atom. The fourth-order valence-electron chi connectivity index (χ4n) is 2.99. The molecular formula is C23H22ClN5OS. The molecule has 8 heteroatoms. The second-order valence-corrected chi connectivity index (χ2v) is 8.52. The van der Waals surface area contributed by atoms with Gasteiger partial charge in [-0.15, -0.1) is 0 Å². The first-order valence-corrected chi connectivity index (χ1v) is 11.2. The van der Waals surface area contributed by atoms with Crippen molar-refractivity contribution in [2.45, 2.75) is 26.8 Å². The number of aromatic nitrogens is 4. The van der Waals surface area contributed by atoms with Gasteiger partial charge in [-0.2, -0.15) is 0 Å². The summed E-state index contributed by atoms with van der Waals surface area (Å²) in [6.07, 6.45) is 3.55. The van der Waals surface area contributed by atoms with E-state index in [-0.39, 0.29) is 0 Å². The van der Waals surface area contributed by atoms with Crippen molar-refractivity contribution in [3.05, 3.63) is 59.9 Å². The van der Waals surface area contributed by atoms with Gasteiger partial charge in [0.05, 0.1) is 27.9 Å². The Morgan fingerprint density at radius 2 is 1.87 bits per heavy atom. The van der Waals surface area contributed by atoms with Gasteiger partial charge in [0.15, 0.2) is 11.0 Å². The van der Waals surface area contributed by atoms with Gasteiger partial charge in [0.1, 0.15) is 11.4 Å². The number of anilines is 1. The van der Waals surface area contributed by atoms with Crippen molar-refractivity contribution >= 4 is 28.1 Å². The van der Waals surface area contributed by atoms with Crippen LogP contribution in [0, 0.1) is 0 Å². The average molecular weight is 452 g/mol. The number of hydrogen-bond donors (Lipinski definition) is 1. The van der Waals surface area contributed by atoms with Crippen LogP contribution >= 0.6 is 22.9 Å². The normalized spacial score (nSPS) is 11.0. The molecule has 3 aromatic heterocycles. The molecule has 4 rings (SSSR count). The summed E-state index contributed by atoms with van der Waals surface area (Å²) < 4.78 is 5.56. The predicted molar refractivity (Wildman–Crippen MR) is 127 cm³/mol. The smallest absolute Gasteiger partial charge is 0.183 e. The topological polar surface area (TPSA) is 72.8 Å². The molecule has 4 aromatic rings. The lowest BCUT2D eigenvalue weighted by molar-refractivity contribution is 0.340. The van der Waals surface area contributed by atoms with Crippen molar-refractivity contribution < 1.29 is 4.74 Å². The molecule has 1 aromatic carbocycles. The first-order valence-electron chi connectivity index (χ1n) is 9.99. The van der Waals surface area contributed by atoms with Crippen LogP contribution in [0.1, 0.15) is 20.8 Å². The Labute approximate surface area is 190 Å². The predicted octanol–water partition coefficient (Wildman–Crippen LogP) is 6.20. The van der Waals surface area contributed by atoms with Gasteiger partial charge in [0.25, 0.3) is 0 Å². The third kappa shape index (κ3) is 5.00. The van der Waals surface area contributed by atoms with E-state index in [2.05, 4.69) is 29.1 Å².